The minimum atomic E-state index is -0.679. The molecule has 1 atom stereocenters. The first-order valence-corrected chi connectivity index (χ1v) is 9.37. The van der Waals surface area contributed by atoms with E-state index in [0.29, 0.717) is 13.0 Å². The van der Waals surface area contributed by atoms with E-state index in [1.54, 1.807) is 6.92 Å². The van der Waals surface area contributed by atoms with E-state index in [2.05, 4.69) is 5.32 Å². The maximum atomic E-state index is 12.8. The number of methoxy groups -OCH3 is 1. The molecular formula is C21H25N3O6. The third-order valence-corrected chi connectivity index (χ3v) is 4.61. The zero-order valence-electron chi connectivity index (χ0n) is 17.2. The van der Waals surface area contributed by atoms with Crippen molar-refractivity contribution < 1.29 is 24.0 Å². The van der Waals surface area contributed by atoms with E-state index in [1.165, 1.54) is 37.3 Å². The third-order valence-electron chi connectivity index (χ3n) is 4.61. The second-order valence-electron chi connectivity index (χ2n) is 6.49. The first kappa shape index (κ1) is 22.7. The summed E-state index contributed by atoms with van der Waals surface area (Å²) in [7, 11) is 2.83. The number of nitro groups is 1. The highest BCUT2D eigenvalue weighted by Gasteiger charge is 2.25. The molecule has 2 rings (SSSR count). The molecule has 0 radical (unpaired) electrons. The maximum Gasteiger partial charge on any atom is 0.311 e. The van der Waals surface area contributed by atoms with Crippen LogP contribution < -0.4 is 14.8 Å². The Hall–Kier alpha value is -3.62. The fraction of sp³-hybridized carbons (Fsp3) is 0.333. The molecule has 0 aliphatic rings. The number of hydrogen-bond donors (Lipinski definition) is 1. The summed E-state index contributed by atoms with van der Waals surface area (Å²) in [5, 5.41) is 13.5. The molecule has 0 fully saturated rings. The maximum absolute atomic E-state index is 12.8. The summed E-state index contributed by atoms with van der Waals surface area (Å²) in [6.07, 6.45) is 0.583. The Labute approximate surface area is 174 Å². The number of benzene rings is 2. The molecule has 1 N–H and O–H groups in total. The number of amides is 2. The number of rotatable bonds is 10. The lowest BCUT2D eigenvalue weighted by Gasteiger charge is -2.28. The summed E-state index contributed by atoms with van der Waals surface area (Å²) in [5.74, 6) is -0.376. The SMILES string of the molecule is CNC(=O)[C@@H](C)N(CCc1ccccc1)C(=O)COc1ccc([N+](=O)[O-])c(OC)c1. The largest absolute Gasteiger partial charge is 0.490 e. The number of ether oxygens (including phenoxy) is 2. The van der Waals surface area contributed by atoms with Gasteiger partial charge in [0.1, 0.15) is 11.8 Å². The van der Waals surface area contributed by atoms with E-state index < -0.39 is 11.0 Å². The highest BCUT2D eigenvalue weighted by atomic mass is 16.6. The minimum Gasteiger partial charge on any atom is -0.490 e. The van der Waals surface area contributed by atoms with Gasteiger partial charge in [-0.25, -0.2) is 0 Å². The Morgan fingerprint density at radius 3 is 2.50 bits per heavy atom. The standard InChI is InChI=1S/C21H25N3O6/c1-15(21(26)22-2)23(12-11-16-7-5-4-6-8-16)20(25)14-30-17-9-10-18(24(27)28)19(13-17)29-3/h4-10,13,15H,11-12,14H2,1-3H3,(H,22,26)/t15-/m1/s1. The molecule has 0 heterocycles. The van der Waals surface area contributed by atoms with Crippen LogP contribution >= 0.6 is 0 Å². The lowest BCUT2D eigenvalue weighted by atomic mass is 10.1. The van der Waals surface area contributed by atoms with Gasteiger partial charge in [-0.2, -0.15) is 0 Å². The number of nitro benzene ring substituents is 1. The topological polar surface area (TPSA) is 111 Å². The van der Waals surface area contributed by atoms with Crippen LogP contribution in [-0.2, 0) is 16.0 Å². The molecule has 0 saturated heterocycles. The summed E-state index contributed by atoms with van der Waals surface area (Å²) < 4.78 is 10.5. The molecule has 0 aliphatic heterocycles. The summed E-state index contributed by atoms with van der Waals surface area (Å²) in [6, 6.07) is 12.9. The van der Waals surface area contributed by atoms with Crippen LogP contribution in [0.1, 0.15) is 12.5 Å². The molecule has 2 aromatic rings. The first-order chi connectivity index (χ1) is 14.4. The lowest BCUT2D eigenvalue weighted by molar-refractivity contribution is -0.385. The van der Waals surface area contributed by atoms with Crippen molar-refractivity contribution in [3.05, 3.63) is 64.2 Å². The van der Waals surface area contributed by atoms with Crippen LogP contribution in [0.4, 0.5) is 5.69 Å². The second-order valence-corrected chi connectivity index (χ2v) is 6.49. The van der Waals surface area contributed by atoms with Crippen molar-refractivity contribution in [3.63, 3.8) is 0 Å². The first-order valence-electron chi connectivity index (χ1n) is 9.37. The summed E-state index contributed by atoms with van der Waals surface area (Å²) in [6.45, 7) is 1.66. The van der Waals surface area contributed by atoms with E-state index in [4.69, 9.17) is 9.47 Å². The monoisotopic (exact) mass is 415 g/mol. The molecule has 160 valence electrons. The van der Waals surface area contributed by atoms with Gasteiger partial charge in [0.05, 0.1) is 12.0 Å². The molecule has 2 aromatic carbocycles. The highest BCUT2D eigenvalue weighted by Crippen LogP contribution is 2.30. The van der Waals surface area contributed by atoms with Crippen LogP contribution in [0, 0.1) is 10.1 Å². The van der Waals surface area contributed by atoms with Crippen molar-refractivity contribution in [2.75, 3.05) is 27.3 Å². The molecule has 0 spiro atoms. The Balaban J connectivity index is 2.09. The van der Waals surface area contributed by atoms with E-state index in [1.807, 2.05) is 30.3 Å². The zero-order chi connectivity index (χ0) is 22.1. The third kappa shape index (κ3) is 5.94. The van der Waals surface area contributed by atoms with Gasteiger partial charge < -0.3 is 19.7 Å². The van der Waals surface area contributed by atoms with Gasteiger partial charge in [0.25, 0.3) is 5.91 Å². The molecular weight excluding hydrogens is 390 g/mol. The lowest BCUT2D eigenvalue weighted by Crippen LogP contribution is -2.49. The van der Waals surface area contributed by atoms with E-state index in [9.17, 15) is 19.7 Å². The average molecular weight is 415 g/mol. The van der Waals surface area contributed by atoms with Crippen LogP contribution in [0.3, 0.4) is 0 Å². The van der Waals surface area contributed by atoms with Crippen molar-refractivity contribution >= 4 is 17.5 Å². The van der Waals surface area contributed by atoms with Crippen LogP contribution in [0.25, 0.3) is 0 Å². The number of nitrogens with zero attached hydrogens (tertiary/aromatic N) is 2. The van der Waals surface area contributed by atoms with Gasteiger partial charge in [0, 0.05) is 25.7 Å². The normalized spacial score (nSPS) is 11.3. The molecule has 0 saturated carbocycles. The number of likely N-dealkylation sites (N-methyl/N-ethyl adjacent to an activating group) is 1. The van der Waals surface area contributed by atoms with Crippen LogP contribution in [0.5, 0.6) is 11.5 Å². The molecule has 0 aliphatic carbocycles. The fourth-order valence-corrected chi connectivity index (χ4v) is 2.91. The second kappa shape index (κ2) is 10.8. The number of carbonyl (C=O) groups excluding carboxylic acids is 2. The van der Waals surface area contributed by atoms with Gasteiger partial charge in [0.2, 0.25) is 11.7 Å². The van der Waals surface area contributed by atoms with Gasteiger partial charge in [-0.1, -0.05) is 30.3 Å². The highest BCUT2D eigenvalue weighted by molar-refractivity contribution is 5.87. The van der Waals surface area contributed by atoms with Crippen molar-refractivity contribution in [1.82, 2.24) is 10.2 Å². The van der Waals surface area contributed by atoms with Crippen LogP contribution in [0.15, 0.2) is 48.5 Å². The van der Waals surface area contributed by atoms with Gasteiger partial charge in [0.15, 0.2) is 6.61 Å². The predicted molar refractivity (Wildman–Crippen MR) is 111 cm³/mol. The average Bonchev–Trinajstić information content (AvgIpc) is 2.77. The van der Waals surface area contributed by atoms with E-state index in [-0.39, 0.29) is 35.6 Å². The quantitative estimate of drug-likeness (QED) is 0.470. The van der Waals surface area contributed by atoms with Gasteiger partial charge in [-0.15, -0.1) is 0 Å². The predicted octanol–water partition coefficient (Wildman–Crippen LogP) is 2.19. The molecule has 9 nitrogen and oxygen atoms in total. The molecule has 0 aromatic heterocycles. The van der Waals surface area contributed by atoms with Crippen LogP contribution in [0.2, 0.25) is 0 Å². The minimum absolute atomic E-state index is 0.0320. The molecule has 0 bridgehead atoms. The van der Waals surface area contributed by atoms with Crippen molar-refractivity contribution in [2.45, 2.75) is 19.4 Å². The Morgan fingerprint density at radius 2 is 1.90 bits per heavy atom. The van der Waals surface area contributed by atoms with Gasteiger partial charge in [-0.05, 0) is 25.0 Å². The number of carbonyl (C=O) groups is 2. The Morgan fingerprint density at radius 1 is 1.20 bits per heavy atom. The fourth-order valence-electron chi connectivity index (χ4n) is 2.91. The Kier molecular flexibility index (Phi) is 8.16. The molecule has 2 amide bonds. The van der Waals surface area contributed by atoms with E-state index in [0.717, 1.165) is 5.56 Å². The zero-order valence-corrected chi connectivity index (χ0v) is 17.2. The van der Waals surface area contributed by atoms with Crippen LogP contribution in [-0.4, -0.2) is 55.0 Å². The van der Waals surface area contributed by atoms with E-state index >= 15 is 0 Å². The van der Waals surface area contributed by atoms with Crippen molar-refractivity contribution in [1.29, 1.82) is 0 Å². The summed E-state index contributed by atoms with van der Waals surface area (Å²) >= 11 is 0. The smallest absolute Gasteiger partial charge is 0.311 e. The molecule has 30 heavy (non-hydrogen) atoms. The van der Waals surface area contributed by atoms with Crippen molar-refractivity contribution in [3.8, 4) is 11.5 Å². The Bertz CT molecular complexity index is 888. The van der Waals surface area contributed by atoms with Crippen molar-refractivity contribution in [2.24, 2.45) is 0 Å². The van der Waals surface area contributed by atoms with Gasteiger partial charge in [-0.3, -0.25) is 19.7 Å². The number of hydrogen-bond acceptors (Lipinski definition) is 6. The summed E-state index contributed by atoms with van der Waals surface area (Å²) in [4.78, 5) is 36.8. The molecule has 9 heteroatoms. The summed E-state index contributed by atoms with van der Waals surface area (Å²) in [5.41, 5.74) is 0.842. The van der Waals surface area contributed by atoms with Gasteiger partial charge >= 0.3 is 5.69 Å². The number of nitrogens with one attached hydrogen (secondary N) is 1. The molecule has 0 unspecified atom stereocenters.